The molecule has 0 aliphatic heterocycles. The molecule has 0 saturated carbocycles. The molecule has 2 rings (SSSR count). The van der Waals surface area contributed by atoms with Crippen molar-refractivity contribution in [2.24, 2.45) is 0 Å². The van der Waals surface area contributed by atoms with Crippen LogP contribution in [0.15, 0.2) is 48.5 Å². The second-order valence-corrected chi connectivity index (χ2v) is 4.74. The van der Waals surface area contributed by atoms with Crippen LogP contribution in [0.1, 0.15) is 10.4 Å². The van der Waals surface area contributed by atoms with E-state index in [1.165, 1.54) is 11.0 Å². The van der Waals surface area contributed by atoms with Crippen LogP contribution in [0, 0.1) is 5.82 Å². The third-order valence-corrected chi connectivity index (χ3v) is 3.18. The van der Waals surface area contributed by atoms with Crippen molar-refractivity contribution < 1.29 is 18.7 Å². The highest BCUT2D eigenvalue weighted by molar-refractivity contribution is 5.94. The van der Waals surface area contributed by atoms with Gasteiger partial charge in [0, 0.05) is 12.6 Å². The molecule has 0 atom stereocenters. The molecular weight excluding hydrogens is 285 g/mol. The van der Waals surface area contributed by atoms with Crippen LogP contribution in [0.3, 0.4) is 0 Å². The molecule has 0 unspecified atom stereocenters. The molecular formula is C17H18FNO3. The number of carbonyl (C=O) groups is 1. The summed E-state index contributed by atoms with van der Waals surface area (Å²) in [6.45, 7) is 0.567. The zero-order valence-corrected chi connectivity index (χ0v) is 12.6. The molecule has 0 bridgehead atoms. The summed E-state index contributed by atoms with van der Waals surface area (Å²) in [5.74, 6) is 0.256. The van der Waals surface area contributed by atoms with Crippen molar-refractivity contribution in [3.05, 3.63) is 59.9 Å². The van der Waals surface area contributed by atoms with Crippen molar-refractivity contribution in [2.45, 2.75) is 0 Å². The van der Waals surface area contributed by atoms with E-state index in [1.807, 2.05) is 0 Å². The molecule has 4 nitrogen and oxygen atoms in total. The summed E-state index contributed by atoms with van der Waals surface area (Å²) in [5.41, 5.74) is 0.535. The molecule has 0 aliphatic rings. The minimum absolute atomic E-state index is 0.143. The molecule has 5 heteroatoms. The van der Waals surface area contributed by atoms with Crippen LogP contribution in [0.2, 0.25) is 0 Å². The maximum absolute atomic E-state index is 13.4. The third kappa shape index (κ3) is 3.97. The van der Waals surface area contributed by atoms with Gasteiger partial charge in [0.1, 0.15) is 12.4 Å². The molecule has 22 heavy (non-hydrogen) atoms. The van der Waals surface area contributed by atoms with Crippen molar-refractivity contribution >= 4 is 5.91 Å². The molecule has 0 saturated heterocycles. The van der Waals surface area contributed by atoms with Crippen molar-refractivity contribution in [3.63, 3.8) is 0 Å². The van der Waals surface area contributed by atoms with Crippen LogP contribution in [0.4, 0.5) is 4.39 Å². The lowest BCUT2D eigenvalue weighted by Gasteiger charge is -2.18. The summed E-state index contributed by atoms with van der Waals surface area (Å²) in [6, 6.07) is 13.1. The van der Waals surface area contributed by atoms with Gasteiger partial charge in [0.25, 0.3) is 5.91 Å². The van der Waals surface area contributed by atoms with Crippen LogP contribution in [0.25, 0.3) is 0 Å². The van der Waals surface area contributed by atoms with E-state index in [2.05, 4.69) is 0 Å². The predicted octanol–water partition coefficient (Wildman–Crippen LogP) is 2.99. The number of methoxy groups -OCH3 is 1. The lowest BCUT2D eigenvalue weighted by molar-refractivity contribution is 0.0772. The Kier molecular flexibility index (Phi) is 5.36. The quantitative estimate of drug-likeness (QED) is 0.823. The maximum Gasteiger partial charge on any atom is 0.253 e. The summed E-state index contributed by atoms with van der Waals surface area (Å²) in [4.78, 5) is 13.8. The highest BCUT2D eigenvalue weighted by atomic mass is 19.1. The standard InChI is InChI=1S/C17H18FNO3/c1-19(10-11-22-16-9-4-3-8-15(16)18)17(20)13-6-5-7-14(12-13)21-2/h3-9,12H,10-11H2,1-2H3. The molecule has 1 amide bonds. The summed E-state index contributed by atoms with van der Waals surface area (Å²) in [5, 5.41) is 0. The number of benzene rings is 2. The van der Waals surface area contributed by atoms with E-state index >= 15 is 0 Å². The Morgan fingerprint density at radius 3 is 2.68 bits per heavy atom. The number of hydrogen-bond acceptors (Lipinski definition) is 3. The lowest BCUT2D eigenvalue weighted by atomic mass is 10.2. The molecule has 116 valence electrons. The smallest absolute Gasteiger partial charge is 0.253 e. The molecule has 2 aromatic rings. The molecule has 0 heterocycles. The van der Waals surface area contributed by atoms with Gasteiger partial charge < -0.3 is 14.4 Å². The van der Waals surface area contributed by atoms with E-state index in [1.54, 1.807) is 56.6 Å². The number of carbonyl (C=O) groups excluding carboxylic acids is 1. The fourth-order valence-corrected chi connectivity index (χ4v) is 1.93. The number of rotatable bonds is 6. The highest BCUT2D eigenvalue weighted by Gasteiger charge is 2.12. The van der Waals surface area contributed by atoms with E-state index in [-0.39, 0.29) is 18.3 Å². The Hall–Kier alpha value is -2.56. The van der Waals surface area contributed by atoms with E-state index in [0.29, 0.717) is 17.9 Å². The molecule has 0 N–H and O–H groups in total. The normalized spacial score (nSPS) is 10.1. The second kappa shape index (κ2) is 7.45. The predicted molar refractivity (Wildman–Crippen MR) is 81.8 cm³/mol. The summed E-state index contributed by atoms with van der Waals surface area (Å²) in [7, 11) is 3.22. The SMILES string of the molecule is COc1cccc(C(=O)N(C)CCOc2ccccc2F)c1. The lowest BCUT2D eigenvalue weighted by Crippen LogP contribution is -2.30. The molecule has 2 aromatic carbocycles. The van der Waals surface area contributed by atoms with E-state index in [9.17, 15) is 9.18 Å². The van der Waals surface area contributed by atoms with Gasteiger partial charge in [-0.3, -0.25) is 4.79 Å². The number of likely N-dealkylation sites (N-methyl/N-ethyl adjacent to an activating group) is 1. The van der Waals surface area contributed by atoms with E-state index in [4.69, 9.17) is 9.47 Å². The van der Waals surface area contributed by atoms with Crippen LogP contribution in [0.5, 0.6) is 11.5 Å². The van der Waals surface area contributed by atoms with Crippen molar-refractivity contribution in [3.8, 4) is 11.5 Å². The van der Waals surface area contributed by atoms with Gasteiger partial charge in [-0.2, -0.15) is 0 Å². The van der Waals surface area contributed by atoms with Gasteiger partial charge in [-0.25, -0.2) is 4.39 Å². The Bertz CT molecular complexity index is 645. The molecule has 0 radical (unpaired) electrons. The van der Waals surface area contributed by atoms with Gasteiger partial charge >= 0.3 is 0 Å². The highest BCUT2D eigenvalue weighted by Crippen LogP contribution is 2.16. The first kappa shape index (κ1) is 15.8. The Morgan fingerprint density at radius 1 is 1.18 bits per heavy atom. The fraction of sp³-hybridized carbons (Fsp3) is 0.235. The maximum atomic E-state index is 13.4. The first-order valence-corrected chi connectivity index (χ1v) is 6.88. The van der Waals surface area contributed by atoms with Crippen LogP contribution < -0.4 is 9.47 Å². The average molecular weight is 303 g/mol. The van der Waals surface area contributed by atoms with Crippen LogP contribution >= 0.6 is 0 Å². The largest absolute Gasteiger partial charge is 0.497 e. The second-order valence-electron chi connectivity index (χ2n) is 4.74. The monoisotopic (exact) mass is 303 g/mol. The number of halogens is 1. The fourth-order valence-electron chi connectivity index (χ4n) is 1.93. The Morgan fingerprint density at radius 2 is 1.95 bits per heavy atom. The van der Waals surface area contributed by atoms with Crippen LogP contribution in [-0.4, -0.2) is 38.1 Å². The minimum atomic E-state index is -0.413. The van der Waals surface area contributed by atoms with Crippen LogP contribution in [-0.2, 0) is 0 Å². The van der Waals surface area contributed by atoms with Crippen molar-refractivity contribution in [2.75, 3.05) is 27.3 Å². The van der Waals surface area contributed by atoms with Gasteiger partial charge in [-0.1, -0.05) is 18.2 Å². The Labute approximate surface area is 129 Å². The van der Waals surface area contributed by atoms with Gasteiger partial charge in [-0.05, 0) is 30.3 Å². The summed E-state index contributed by atoms with van der Waals surface area (Å²) in [6.07, 6.45) is 0. The number of amides is 1. The van der Waals surface area contributed by atoms with E-state index < -0.39 is 5.82 Å². The number of nitrogens with zero attached hydrogens (tertiary/aromatic N) is 1. The number of ether oxygens (including phenoxy) is 2. The minimum Gasteiger partial charge on any atom is -0.497 e. The molecule has 0 aliphatic carbocycles. The van der Waals surface area contributed by atoms with Gasteiger partial charge in [0.05, 0.1) is 13.7 Å². The topological polar surface area (TPSA) is 38.8 Å². The molecule has 0 aromatic heterocycles. The van der Waals surface area contributed by atoms with Gasteiger partial charge in [0.15, 0.2) is 11.6 Å². The van der Waals surface area contributed by atoms with Crippen molar-refractivity contribution in [1.82, 2.24) is 4.90 Å². The number of hydrogen-bond donors (Lipinski definition) is 0. The Balaban J connectivity index is 1.90. The zero-order valence-electron chi connectivity index (χ0n) is 12.6. The van der Waals surface area contributed by atoms with E-state index in [0.717, 1.165) is 0 Å². The summed E-state index contributed by atoms with van der Waals surface area (Å²) < 4.78 is 23.8. The zero-order chi connectivity index (χ0) is 15.9. The number of para-hydroxylation sites is 1. The first-order valence-electron chi connectivity index (χ1n) is 6.88. The van der Waals surface area contributed by atoms with Gasteiger partial charge in [0.2, 0.25) is 0 Å². The molecule has 0 spiro atoms. The summed E-state index contributed by atoms with van der Waals surface area (Å²) >= 11 is 0. The molecule has 0 fully saturated rings. The van der Waals surface area contributed by atoms with Crippen molar-refractivity contribution in [1.29, 1.82) is 0 Å². The average Bonchev–Trinajstić information content (AvgIpc) is 2.55. The third-order valence-electron chi connectivity index (χ3n) is 3.18. The van der Waals surface area contributed by atoms with Gasteiger partial charge in [-0.15, -0.1) is 0 Å². The first-order chi connectivity index (χ1) is 10.6.